The van der Waals surface area contributed by atoms with Crippen molar-refractivity contribution in [3.8, 4) is 11.3 Å². The fourth-order valence-corrected chi connectivity index (χ4v) is 5.66. The van der Waals surface area contributed by atoms with E-state index in [1.54, 1.807) is 47.4 Å². The summed E-state index contributed by atoms with van der Waals surface area (Å²) in [5.41, 5.74) is 0.716. The smallest absolute Gasteiger partial charge is 0.337 e. The van der Waals surface area contributed by atoms with Gasteiger partial charge in [-0.1, -0.05) is 43.0 Å². The Morgan fingerprint density at radius 2 is 1.92 bits per heavy atom. The first kappa shape index (κ1) is 24.3. The molecule has 1 aromatic heterocycles. The molecule has 0 atom stereocenters. The highest BCUT2D eigenvalue weighted by molar-refractivity contribution is 8.18. The van der Waals surface area contributed by atoms with Crippen LogP contribution in [-0.2, 0) is 4.79 Å². The normalized spacial score (nSPS) is 18.9. The van der Waals surface area contributed by atoms with Crippen LogP contribution in [0.5, 0.6) is 0 Å². The highest BCUT2D eigenvalue weighted by Crippen LogP contribution is 2.39. The van der Waals surface area contributed by atoms with Crippen molar-refractivity contribution in [3.05, 3.63) is 81.7 Å². The van der Waals surface area contributed by atoms with Crippen LogP contribution in [0.1, 0.15) is 48.2 Å². The van der Waals surface area contributed by atoms with E-state index in [0.717, 1.165) is 32.1 Å². The monoisotopic (exact) mass is 524 g/mol. The molecule has 1 aliphatic carbocycles. The van der Waals surface area contributed by atoms with Crippen LogP contribution < -0.4 is 0 Å². The van der Waals surface area contributed by atoms with E-state index < -0.39 is 11.8 Å². The van der Waals surface area contributed by atoms with E-state index in [1.165, 1.54) is 30.0 Å². The minimum Gasteiger partial charge on any atom is -0.478 e. The Morgan fingerprint density at radius 1 is 1.14 bits per heavy atom. The Morgan fingerprint density at radius 3 is 2.67 bits per heavy atom. The van der Waals surface area contributed by atoms with Crippen LogP contribution in [0.3, 0.4) is 0 Å². The fraction of sp³-hybridized carbons (Fsp3) is 0.222. The average molecular weight is 525 g/mol. The number of hydrogen-bond acceptors (Lipinski definition) is 5. The Labute approximate surface area is 216 Å². The first-order valence-electron chi connectivity index (χ1n) is 11.6. The quantitative estimate of drug-likeness (QED) is 0.352. The zero-order valence-corrected chi connectivity index (χ0v) is 20.7. The maximum atomic E-state index is 14.3. The second-order valence-electron chi connectivity index (χ2n) is 8.63. The first-order valence-corrected chi connectivity index (χ1v) is 12.8. The molecule has 0 unspecified atom stereocenters. The lowest BCUT2D eigenvalue weighted by Crippen LogP contribution is -2.40. The van der Waals surface area contributed by atoms with Crippen LogP contribution in [0, 0.1) is 5.82 Å². The number of halogens is 2. The number of amides is 1. The second-order valence-corrected chi connectivity index (χ2v) is 10.0. The van der Waals surface area contributed by atoms with Crippen molar-refractivity contribution in [2.45, 2.75) is 38.1 Å². The molecule has 1 saturated carbocycles. The molecule has 1 amide bonds. The van der Waals surface area contributed by atoms with Crippen molar-refractivity contribution in [2.75, 3.05) is 0 Å². The van der Waals surface area contributed by atoms with Gasteiger partial charge >= 0.3 is 5.97 Å². The van der Waals surface area contributed by atoms with Gasteiger partial charge in [-0.15, -0.1) is 0 Å². The molecule has 0 spiro atoms. The zero-order valence-electron chi connectivity index (χ0n) is 19.1. The number of hydrogen-bond donors (Lipinski definition) is 1. The van der Waals surface area contributed by atoms with E-state index >= 15 is 0 Å². The lowest BCUT2D eigenvalue weighted by atomic mass is 9.94. The number of rotatable bonds is 5. The number of nitrogens with zero attached hydrogens (tertiary/aromatic N) is 2. The van der Waals surface area contributed by atoms with Crippen LogP contribution in [0.25, 0.3) is 17.4 Å². The number of aliphatic imine (C=N–C) groups is 1. The number of thioether (sulfide) groups is 1. The van der Waals surface area contributed by atoms with E-state index in [-0.39, 0.29) is 28.2 Å². The summed E-state index contributed by atoms with van der Waals surface area (Å²) in [6.45, 7) is 0. The number of furan rings is 1. The predicted octanol–water partition coefficient (Wildman–Crippen LogP) is 7.37. The third-order valence-corrected chi connectivity index (χ3v) is 7.54. The van der Waals surface area contributed by atoms with Gasteiger partial charge in [-0.25, -0.2) is 14.2 Å². The van der Waals surface area contributed by atoms with Gasteiger partial charge in [-0.3, -0.25) is 9.69 Å². The Bertz CT molecular complexity index is 1390. The third-order valence-electron chi connectivity index (χ3n) is 6.23. The van der Waals surface area contributed by atoms with Crippen molar-refractivity contribution in [1.82, 2.24) is 4.90 Å². The number of carboxylic acid groups (broad SMARTS) is 1. The predicted molar refractivity (Wildman–Crippen MR) is 139 cm³/mol. The van der Waals surface area contributed by atoms with Gasteiger partial charge in [0, 0.05) is 17.7 Å². The number of para-hydroxylation sites is 1. The van der Waals surface area contributed by atoms with Gasteiger partial charge in [0.05, 0.1) is 15.5 Å². The van der Waals surface area contributed by atoms with Gasteiger partial charge in [0.25, 0.3) is 5.91 Å². The molecule has 9 heteroatoms. The van der Waals surface area contributed by atoms with E-state index in [0.29, 0.717) is 27.2 Å². The summed E-state index contributed by atoms with van der Waals surface area (Å²) >= 11 is 7.17. The summed E-state index contributed by atoms with van der Waals surface area (Å²) in [4.78, 5) is 31.5. The van der Waals surface area contributed by atoms with Crippen LogP contribution >= 0.6 is 23.4 Å². The van der Waals surface area contributed by atoms with Gasteiger partial charge in [0.15, 0.2) is 5.17 Å². The molecule has 36 heavy (non-hydrogen) atoms. The Balaban J connectivity index is 1.47. The molecule has 6 nitrogen and oxygen atoms in total. The molecule has 2 heterocycles. The number of carbonyl (C=O) groups excluding carboxylic acids is 1. The lowest BCUT2D eigenvalue weighted by molar-refractivity contribution is -0.124. The Hall–Kier alpha value is -3.36. The van der Waals surface area contributed by atoms with Gasteiger partial charge in [-0.05, 0) is 67.1 Å². The largest absolute Gasteiger partial charge is 0.478 e. The van der Waals surface area contributed by atoms with Gasteiger partial charge in [-0.2, -0.15) is 0 Å². The standard InChI is InChI=1S/C27H22ClFN2O4S/c28-20-12-10-16(14-19(20)26(33)34)23-13-11-18(35-23)15-24-25(32)31(17-6-2-1-3-7-17)27(36-24)30-22-9-5-4-8-21(22)29/h4-5,8-15,17H,1-3,6-7H2,(H,33,34)/b24-15-,30-27?. The lowest BCUT2D eigenvalue weighted by Gasteiger charge is -2.30. The van der Waals surface area contributed by atoms with Crippen molar-refractivity contribution in [3.63, 3.8) is 0 Å². The fourth-order valence-electron chi connectivity index (χ4n) is 4.43. The van der Waals surface area contributed by atoms with Gasteiger partial charge in [0.1, 0.15) is 23.0 Å². The molecule has 0 radical (unpaired) electrons. The van der Waals surface area contributed by atoms with E-state index in [9.17, 15) is 19.1 Å². The van der Waals surface area contributed by atoms with Crippen LogP contribution in [0.4, 0.5) is 10.1 Å². The molecule has 5 rings (SSSR count). The minimum absolute atomic E-state index is 0.0193. The summed E-state index contributed by atoms with van der Waals surface area (Å²) in [6.07, 6.45) is 6.60. The van der Waals surface area contributed by atoms with Crippen LogP contribution in [-0.4, -0.2) is 33.1 Å². The molecule has 1 saturated heterocycles. The molecular formula is C27H22ClFN2O4S. The number of benzene rings is 2. The second kappa shape index (κ2) is 10.3. The van der Waals surface area contributed by atoms with Crippen LogP contribution in [0.15, 0.2) is 68.9 Å². The number of carboxylic acids is 1. The molecule has 184 valence electrons. The van der Waals surface area contributed by atoms with Crippen molar-refractivity contribution < 1.29 is 23.5 Å². The maximum absolute atomic E-state index is 14.3. The topological polar surface area (TPSA) is 83.1 Å². The van der Waals surface area contributed by atoms with E-state index in [4.69, 9.17) is 16.0 Å². The third kappa shape index (κ3) is 4.96. The summed E-state index contributed by atoms with van der Waals surface area (Å²) in [5, 5.41) is 9.93. The molecule has 3 aromatic rings. The molecule has 1 aliphatic heterocycles. The van der Waals surface area contributed by atoms with Crippen LogP contribution in [0.2, 0.25) is 5.02 Å². The van der Waals surface area contributed by atoms with Crippen molar-refractivity contribution in [1.29, 1.82) is 0 Å². The SMILES string of the molecule is O=C(O)c1cc(-c2ccc(/C=C3\SC(=Nc4ccccc4F)N(C4CCCCC4)C3=O)o2)ccc1Cl. The average Bonchev–Trinajstić information content (AvgIpc) is 3.46. The molecular weight excluding hydrogens is 503 g/mol. The van der Waals surface area contributed by atoms with Gasteiger partial charge < -0.3 is 9.52 Å². The number of amidine groups is 1. The van der Waals surface area contributed by atoms with Crippen molar-refractivity contribution >= 4 is 52.2 Å². The Kier molecular flexibility index (Phi) is 6.98. The summed E-state index contributed by atoms with van der Waals surface area (Å²) < 4.78 is 20.2. The molecule has 2 aliphatic rings. The first-order chi connectivity index (χ1) is 17.4. The van der Waals surface area contributed by atoms with Gasteiger partial charge in [0.2, 0.25) is 0 Å². The molecule has 1 N–H and O–H groups in total. The highest BCUT2D eigenvalue weighted by atomic mass is 35.5. The highest BCUT2D eigenvalue weighted by Gasteiger charge is 2.39. The number of carbonyl (C=O) groups is 2. The van der Waals surface area contributed by atoms with E-state index in [2.05, 4.69) is 4.99 Å². The molecule has 0 bridgehead atoms. The zero-order chi connectivity index (χ0) is 25.2. The molecule has 2 aromatic carbocycles. The maximum Gasteiger partial charge on any atom is 0.337 e. The summed E-state index contributed by atoms with van der Waals surface area (Å²) in [5.74, 6) is -0.879. The van der Waals surface area contributed by atoms with Crippen molar-refractivity contribution in [2.24, 2.45) is 4.99 Å². The summed E-state index contributed by atoms with van der Waals surface area (Å²) in [6, 6.07) is 14.3. The number of aromatic carboxylic acids is 1. The minimum atomic E-state index is -1.13. The van der Waals surface area contributed by atoms with E-state index in [1.807, 2.05) is 0 Å². The summed E-state index contributed by atoms with van der Waals surface area (Å²) in [7, 11) is 0. The molecule has 2 fully saturated rings.